The van der Waals surface area contributed by atoms with Crippen molar-refractivity contribution >= 4 is 14.7 Å². The van der Waals surface area contributed by atoms with Crippen LogP contribution in [0.3, 0.4) is 0 Å². The smallest absolute Gasteiger partial charge is 0.0604 e. The molecule has 2 N–H and O–H groups in total. The summed E-state index contributed by atoms with van der Waals surface area (Å²) >= 11 is 0. The number of nitrogens with two attached hydrogens (primary N) is 1. The van der Waals surface area contributed by atoms with E-state index in [1.165, 1.54) is 11.1 Å². The van der Waals surface area contributed by atoms with E-state index in [0.717, 1.165) is 24.7 Å². The van der Waals surface area contributed by atoms with Gasteiger partial charge in [-0.3, -0.25) is 4.98 Å². The van der Waals surface area contributed by atoms with Crippen LogP contribution in [-0.2, 0) is 12.8 Å². The molecule has 0 saturated carbocycles. The molecule has 2 unspecified atom stereocenters. The number of aryl methyl sites for hydroxylation is 1. The van der Waals surface area contributed by atoms with E-state index in [-0.39, 0.29) is 0 Å². The van der Waals surface area contributed by atoms with E-state index >= 15 is 0 Å². The normalized spacial score (nSPS) is 22.0. The van der Waals surface area contributed by atoms with Gasteiger partial charge in [0, 0.05) is 12.2 Å². The molecule has 0 aliphatic heterocycles. The number of pyridine rings is 1. The number of aromatic nitrogens is 1. The van der Waals surface area contributed by atoms with Crippen molar-refractivity contribution in [1.82, 2.24) is 4.98 Å². The molecular formula is C9H13N2P. The number of fused-ring (bicyclic) bond motifs is 1. The molecule has 1 aliphatic rings. The van der Waals surface area contributed by atoms with E-state index in [1.807, 2.05) is 6.20 Å². The molecule has 3 heteroatoms. The van der Waals surface area contributed by atoms with Crippen LogP contribution in [0.25, 0.3) is 0 Å². The predicted octanol–water partition coefficient (Wildman–Crippen LogP) is 0.398. The first-order chi connectivity index (χ1) is 5.77. The Morgan fingerprint density at radius 1 is 1.58 bits per heavy atom. The summed E-state index contributed by atoms with van der Waals surface area (Å²) in [5, 5.41) is 0. The van der Waals surface area contributed by atoms with Crippen molar-refractivity contribution < 1.29 is 0 Å². The molecule has 2 rings (SSSR count). The quantitative estimate of drug-likeness (QED) is 0.587. The maximum atomic E-state index is 5.88. The van der Waals surface area contributed by atoms with Gasteiger partial charge in [-0.2, -0.15) is 0 Å². The Labute approximate surface area is 74.8 Å². The molecule has 2 atom stereocenters. The first-order valence-electron chi connectivity index (χ1n) is 4.25. The van der Waals surface area contributed by atoms with Crippen molar-refractivity contribution in [2.24, 2.45) is 5.73 Å². The topological polar surface area (TPSA) is 38.9 Å². The average Bonchev–Trinajstić information content (AvgIpc) is 2.07. The van der Waals surface area contributed by atoms with Crippen LogP contribution < -0.4 is 11.2 Å². The van der Waals surface area contributed by atoms with Crippen LogP contribution in [0.15, 0.2) is 12.3 Å². The lowest BCUT2D eigenvalue weighted by Gasteiger charge is -2.21. The van der Waals surface area contributed by atoms with Crippen LogP contribution in [0, 0.1) is 0 Å². The Balaban J connectivity index is 2.43. The summed E-state index contributed by atoms with van der Waals surface area (Å²) in [4.78, 5) is 4.23. The highest BCUT2D eigenvalue weighted by molar-refractivity contribution is 7.27. The average molecular weight is 180 g/mol. The lowest BCUT2D eigenvalue weighted by atomic mass is 9.90. The Morgan fingerprint density at radius 3 is 3.25 bits per heavy atom. The minimum atomic E-state index is 0.334. The first kappa shape index (κ1) is 8.15. The molecule has 0 saturated heterocycles. The van der Waals surface area contributed by atoms with Gasteiger partial charge in [0.15, 0.2) is 0 Å². The van der Waals surface area contributed by atoms with Gasteiger partial charge in [-0.05, 0) is 36.5 Å². The molecule has 1 heterocycles. The molecular weight excluding hydrogens is 167 g/mol. The van der Waals surface area contributed by atoms with Crippen molar-refractivity contribution in [3.8, 4) is 0 Å². The molecule has 0 fully saturated rings. The largest absolute Gasteiger partial charge is 0.327 e. The zero-order valence-corrected chi connectivity index (χ0v) is 8.11. The van der Waals surface area contributed by atoms with Crippen LogP contribution in [-0.4, -0.2) is 11.0 Å². The maximum Gasteiger partial charge on any atom is 0.0604 e. The zero-order chi connectivity index (χ0) is 8.55. The van der Waals surface area contributed by atoms with E-state index < -0.39 is 0 Å². The van der Waals surface area contributed by atoms with Crippen LogP contribution in [0.4, 0.5) is 0 Å². The summed E-state index contributed by atoms with van der Waals surface area (Å²) in [6, 6.07) is 2.44. The van der Waals surface area contributed by atoms with Gasteiger partial charge < -0.3 is 5.73 Å². The molecule has 0 bridgehead atoms. The Morgan fingerprint density at radius 2 is 2.42 bits per heavy atom. The molecule has 1 aliphatic carbocycles. The predicted molar refractivity (Wildman–Crippen MR) is 53.6 cm³/mol. The highest BCUT2D eigenvalue weighted by Crippen LogP contribution is 2.18. The minimum Gasteiger partial charge on any atom is -0.327 e. The molecule has 0 aromatic carbocycles. The van der Waals surface area contributed by atoms with Crippen molar-refractivity contribution in [1.29, 1.82) is 0 Å². The number of hydrogen-bond donors (Lipinski definition) is 1. The maximum absolute atomic E-state index is 5.88. The molecule has 2 nitrogen and oxygen atoms in total. The van der Waals surface area contributed by atoms with Gasteiger partial charge in [0.25, 0.3) is 0 Å². The van der Waals surface area contributed by atoms with Crippen LogP contribution in [0.5, 0.6) is 0 Å². The van der Waals surface area contributed by atoms with Gasteiger partial charge in [-0.25, -0.2) is 0 Å². The molecule has 1 aromatic rings. The molecule has 0 amide bonds. The first-order valence-corrected chi connectivity index (χ1v) is 4.83. The van der Waals surface area contributed by atoms with Crippen molar-refractivity contribution in [2.45, 2.75) is 25.3 Å². The third-order valence-corrected chi connectivity index (χ3v) is 2.93. The highest BCUT2D eigenvalue weighted by Gasteiger charge is 2.16. The van der Waals surface area contributed by atoms with Gasteiger partial charge in [0.05, 0.1) is 5.44 Å². The summed E-state index contributed by atoms with van der Waals surface area (Å²) in [5.74, 6) is 0. The lowest BCUT2D eigenvalue weighted by molar-refractivity contribution is 0.577. The summed E-state index contributed by atoms with van der Waals surface area (Å²) in [6.07, 6.45) is 5.08. The number of hydrogen-bond acceptors (Lipinski definition) is 2. The van der Waals surface area contributed by atoms with Gasteiger partial charge in [-0.1, -0.05) is 9.24 Å². The fraction of sp³-hybridized carbons (Fsp3) is 0.444. The Kier molecular flexibility index (Phi) is 2.12. The van der Waals surface area contributed by atoms with Gasteiger partial charge in [-0.15, -0.1) is 0 Å². The second kappa shape index (κ2) is 3.12. The summed E-state index contributed by atoms with van der Waals surface area (Å²) in [6.45, 7) is 0. The zero-order valence-electron chi connectivity index (χ0n) is 6.96. The fourth-order valence-electron chi connectivity index (χ4n) is 1.73. The lowest BCUT2D eigenvalue weighted by Crippen LogP contribution is -2.30. The fourth-order valence-corrected chi connectivity index (χ4v) is 2.11. The Hall–Kier alpha value is -0.460. The minimum absolute atomic E-state index is 0.334. The molecule has 12 heavy (non-hydrogen) atoms. The van der Waals surface area contributed by atoms with Crippen LogP contribution in [0.2, 0.25) is 0 Å². The van der Waals surface area contributed by atoms with Crippen molar-refractivity contribution in [3.05, 3.63) is 23.4 Å². The van der Waals surface area contributed by atoms with E-state index in [9.17, 15) is 0 Å². The number of rotatable bonds is 0. The van der Waals surface area contributed by atoms with Gasteiger partial charge in [0.2, 0.25) is 0 Å². The molecule has 1 aromatic heterocycles. The standard InChI is InChI=1S/C9H13N2P/c10-7-2-1-6-3-4-11-9(12)8(6)5-7/h3-4,7H,1-2,5,10,12H2. The van der Waals surface area contributed by atoms with Gasteiger partial charge in [0.1, 0.15) is 0 Å². The third kappa shape index (κ3) is 1.37. The van der Waals surface area contributed by atoms with E-state index in [4.69, 9.17) is 5.73 Å². The molecule has 0 radical (unpaired) electrons. The summed E-state index contributed by atoms with van der Waals surface area (Å²) in [7, 11) is 2.68. The highest BCUT2D eigenvalue weighted by atomic mass is 31.0. The van der Waals surface area contributed by atoms with Crippen LogP contribution >= 0.6 is 9.24 Å². The molecule has 0 spiro atoms. The van der Waals surface area contributed by atoms with E-state index in [2.05, 4.69) is 20.3 Å². The third-order valence-electron chi connectivity index (χ3n) is 2.44. The van der Waals surface area contributed by atoms with Crippen LogP contribution in [0.1, 0.15) is 17.5 Å². The summed E-state index contributed by atoms with van der Waals surface area (Å²) < 4.78 is 0. The van der Waals surface area contributed by atoms with E-state index in [1.54, 1.807) is 0 Å². The van der Waals surface area contributed by atoms with Gasteiger partial charge >= 0.3 is 0 Å². The second-order valence-electron chi connectivity index (χ2n) is 3.34. The SMILES string of the molecule is NC1CCc2ccnc(P)c2C1. The van der Waals surface area contributed by atoms with Crippen molar-refractivity contribution in [2.75, 3.05) is 0 Å². The Bertz CT molecular complexity index is 299. The monoisotopic (exact) mass is 180 g/mol. The summed E-state index contributed by atoms with van der Waals surface area (Å²) in [5.41, 5.74) is 9.73. The van der Waals surface area contributed by atoms with E-state index in [0.29, 0.717) is 6.04 Å². The van der Waals surface area contributed by atoms with Crippen molar-refractivity contribution in [3.63, 3.8) is 0 Å². The second-order valence-corrected chi connectivity index (χ2v) is 3.88. The molecule has 64 valence electrons. The number of nitrogens with zero attached hydrogens (tertiary/aromatic N) is 1.